The highest BCUT2D eigenvalue weighted by Gasteiger charge is 2.10. The van der Waals surface area contributed by atoms with Gasteiger partial charge >= 0.3 is 0 Å². The fourth-order valence-electron chi connectivity index (χ4n) is 1.83. The summed E-state index contributed by atoms with van der Waals surface area (Å²) in [5.41, 5.74) is 2.67. The van der Waals surface area contributed by atoms with E-state index >= 15 is 0 Å². The van der Waals surface area contributed by atoms with Gasteiger partial charge in [-0.25, -0.2) is 9.97 Å². The second-order valence-electron chi connectivity index (χ2n) is 4.09. The zero-order chi connectivity index (χ0) is 12.5. The molecule has 2 heterocycles. The number of benzene rings is 1. The van der Waals surface area contributed by atoms with Gasteiger partial charge in [-0.05, 0) is 19.1 Å². The molecule has 1 aromatic carbocycles. The van der Waals surface area contributed by atoms with Gasteiger partial charge in [0.2, 0.25) is 0 Å². The van der Waals surface area contributed by atoms with Gasteiger partial charge in [0, 0.05) is 22.8 Å². The van der Waals surface area contributed by atoms with E-state index in [4.69, 9.17) is 16.0 Å². The smallest absolute Gasteiger partial charge is 0.195 e. The van der Waals surface area contributed by atoms with Crippen LogP contribution in [0, 0.1) is 6.92 Å². The van der Waals surface area contributed by atoms with Crippen LogP contribution >= 0.6 is 11.6 Å². The van der Waals surface area contributed by atoms with Crippen molar-refractivity contribution in [1.29, 1.82) is 0 Å². The lowest BCUT2D eigenvalue weighted by molar-refractivity contribution is 0.624. The zero-order valence-electron chi connectivity index (χ0n) is 9.85. The van der Waals surface area contributed by atoms with Crippen molar-refractivity contribution in [2.75, 3.05) is 0 Å². The average molecular weight is 259 g/mol. The number of furan rings is 1. The molecule has 3 aromatic rings. The largest absolute Gasteiger partial charge is 0.453 e. The predicted molar refractivity (Wildman–Crippen MR) is 71.5 cm³/mol. The molecule has 0 bridgehead atoms. The molecule has 0 spiro atoms. The van der Waals surface area contributed by atoms with Gasteiger partial charge in [-0.15, -0.1) is 11.6 Å². The van der Waals surface area contributed by atoms with Gasteiger partial charge in [0.05, 0.1) is 5.88 Å². The van der Waals surface area contributed by atoms with Gasteiger partial charge in [0.1, 0.15) is 5.58 Å². The van der Waals surface area contributed by atoms with Crippen LogP contribution in [0.2, 0.25) is 0 Å². The van der Waals surface area contributed by atoms with E-state index in [0.29, 0.717) is 17.5 Å². The summed E-state index contributed by atoms with van der Waals surface area (Å²) in [6, 6.07) is 9.80. The Morgan fingerprint density at radius 1 is 1.28 bits per heavy atom. The van der Waals surface area contributed by atoms with Crippen LogP contribution in [0.5, 0.6) is 0 Å². The van der Waals surface area contributed by atoms with E-state index in [1.54, 1.807) is 6.20 Å². The molecule has 18 heavy (non-hydrogen) atoms. The van der Waals surface area contributed by atoms with E-state index in [9.17, 15) is 0 Å². The van der Waals surface area contributed by atoms with Gasteiger partial charge in [-0.2, -0.15) is 0 Å². The number of halogens is 1. The number of aromatic nitrogens is 2. The van der Waals surface area contributed by atoms with Crippen LogP contribution in [0.1, 0.15) is 11.3 Å². The Bertz CT molecular complexity index is 673. The lowest BCUT2D eigenvalue weighted by atomic mass is 10.2. The Balaban J connectivity index is 2.11. The summed E-state index contributed by atoms with van der Waals surface area (Å²) in [6.07, 6.45) is 1.75. The molecule has 0 atom stereocenters. The van der Waals surface area contributed by atoms with E-state index in [-0.39, 0.29) is 0 Å². The van der Waals surface area contributed by atoms with Crippen LogP contribution < -0.4 is 0 Å². The van der Waals surface area contributed by atoms with Crippen molar-refractivity contribution >= 4 is 22.6 Å². The summed E-state index contributed by atoms with van der Waals surface area (Å²) >= 11 is 5.79. The fraction of sp³-hybridized carbons (Fsp3) is 0.143. The molecule has 0 aliphatic heterocycles. The quantitative estimate of drug-likeness (QED) is 0.654. The Morgan fingerprint density at radius 3 is 2.83 bits per heavy atom. The Kier molecular flexibility index (Phi) is 2.76. The van der Waals surface area contributed by atoms with Gasteiger partial charge in [-0.1, -0.05) is 18.2 Å². The molecule has 2 aromatic heterocycles. The highest BCUT2D eigenvalue weighted by Crippen LogP contribution is 2.25. The lowest BCUT2D eigenvalue weighted by Gasteiger charge is -2.01. The second kappa shape index (κ2) is 4.42. The van der Waals surface area contributed by atoms with E-state index in [0.717, 1.165) is 22.2 Å². The Labute approximate surface area is 109 Å². The second-order valence-corrected chi connectivity index (χ2v) is 4.35. The number of hydrogen-bond donors (Lipinski definition) is 0. The summed E-state index contributed by atoms with van der Waals surface area (Å²) in [5.74, 6) is 1.70. The van der Waals surface area contributed by atoms with Crippen molar-refractivity contribution in [2.45, 2.75) is 12.8 Å². The molecule has 3 rings (SSSR count). The van der Waals surface area contributed by atoms with Crippen molar-refractivity contribution in [2.24, 2.45) is 0 Å². The van der Waals surface area contributed by atoms with Gasteiger partial charge < -0.3 is 4.42 Å². The monoisotopic (exact) mass is 258 g/mol. The molecule has 0 aliphatic rings. The van der Waals surface area contributed by atoms with Crippen molar-refractivity contribution in [3.8, 4) is 11.6 Å². The van der Waals surface area contributed by atoms with Crippen molar-refractivity contribution < 1.29 is 4.42 Å². The molecule has 3 nitrogen and oxygen atoms in total. The number of aryl methyl sites for hydroxylation is 1. The number of hydrogen-bond acceptors (Lipinski definition) is 3. The summed E-state index contributed by atoms with van der Waals surface area (Å²) in [5, 5.41) is 1.05. The van der Waals surface area contributed by atoms with Gasteiger partial charge in [-0.3, -0.25) is 0 Å². The summed E-state index contributed by atoms with van der Waals surface area (Å²) < 4.78 is 5.72. The van der Waals surface area contributed by atoms with Gasteiger partial charge in [0.25, 0.3) is 0 Å². The molecule has 4 heteroatoms. The zero-order valence-corrected chi connectivity index (χ0v) is 10.6. The van der Waals surface area contributed by atoms with Crippen molar-refractivity contribution in [3.63, 3.8) is 0 Å². The third-order valence-corrected chi connectivity index (χ3v) is 3.16. The Morgan fingerprint density at radius 2 is 2.11 bits per heavy atom. The maximum Gasteiger partial charge on any atom is 0.195 e. The molecular weight excluding hydrogens is 248 g/mol. The standard InChI is InChI=1S/C14H11ClN2O/c1-9-11(7-15)8-16-14(17-9)13-6-10-4-2-3-5-12(10)18-13/h2-6,8H,7H2,1H3. The third-order valence-electron chi connectivity index (χ3n) is 2.87. The number of para-hydroxylation sites is 1. The molecule has 0 aliphatic carbocycles. The van der Waals surface area contributed by atoms with E-state index in [1.807, 2.05) is 37.3 Å². The minimum atomic E-state index is 0.423. The lowest BCUT2D eigenvalue weighted by Crippen LogP contribution is -1.95. The van der Waals surface area contributed by atoms with Crippen molar-refractivity contribution in [3.05, 3.63) is 47.8 Å². The first-order chi connectivity index (χ1) is 8.78. The normalized spacial score (nSPS) is 11.0. The van der Waals surface area contributed by atoms with Gasteiger partial charge in [0.15, 0.2) is 11.6 Å². The molecular formula is C14H11ClN2O. The average Bonchev–Trinajstić information content (AvgIpc) is 2.82. The van der Waals surface area contributed by atoms with Crippen LogP contribution in [0.15, 0.2) is 40.9 Å². The first-order valence-corrected chi connectivity index (χ1v) is 6.19. The number of alkyl halides is 1. The number of nitrogens with zero attached hydrogens (tertiary/aromatic N) is 2. The van der Waals surface area contributed by atoms with Crippen LogP contribution in [0.25, 0.3) is 22.6 Å². The molecule has 0 radical (unpaired) electrons. The highest BCUT2D eigenvalue weighted by atomic mass is 35.5. The van der Waals surface area contributed by atoms with E-state index < -0.39 is 0 Å². The van der Waals surface area contributed by atoms with Crippen LogP contribution in [-0.4, -0.2) is 9.97 Å². The molecule has 0 N–H and O–H groups in total. The Hall–Kier alpha value is -1.87. The minimum absolute atomic E-state index is 0.423. The summed E-state index contributed by atoms with van der Waals surface area (Å²) in [4.78, 5) is 8.71. The third kappa shape index (κ3) is 1.87. The van der Waals surface area contributed by atoms with Crippen LogP contribution in [0.4, 0.5) is 0 Å². The molecule has 0 saturated carbocycles. The van der Waals surface area contributed by atoms with Crippen LogP contribution in [0.3, 0.4) is 0 Å². The maximum absolute atomic E-state index is 5.79. The molecule has 0 saturated heterocycles. The topological polar surface area (TPSA) is 38.9 Å². The number of rotatable bonds is 2. The molecule has 0 unspecified atom stereocenters. The minimum Gasteiger partial charge on any atom is -0.453 e. The highest BCUT2D eigenvalue weighted by molar-refractivity contribution is 6.17. The summed E-state index contributed by atoms with van der Waals surface area (Å²) in [7, 11) is 0. The first-order valence-electron chi connectivity index (χ1n) is 5.65. The first kappa shape index (κ1) is 11.2. The van der Waals surface area contributed by atoms with E-state index in [2.05, 4.69) is 9.97 Å². The van der Waals surface area contributed by atoms with Crippen LogP contribution in [-0.2, 0) is 5.88 Å². The molecule has 90 valence electrons. The SMILES string of the molecule is Cc1nc(-c2cc3ccccc3o2)ncc1CCl. The van der Waals surface area contributed by atoms with E-state index in [1.165, 1.54) is 0 Å². The maximum atomic E-state index is 5.79. The molecule has 0 fully saturated rings. The summed E-state index contributed by atoms with van der Waals surface area (Å²) in [6.45, 7) is 1.92. The molecule has 0 amide bonds. The fourth-order valence-corrected chi connectivity index (χ4v) is 2.10. The predicted octanol–water partition coefficient (Wildman–Crippen LogP) is 3.94. The number of fused-ring (bicyclic) bond motifs is 1. The van der Waals surface area contributed by atoms with Crippen molar-refractivity contribution in [1.82, 2.24) is 9.97 Å².